The molecule has 1 amide bonds. The maximum atomic E-state index is 12.3. The molecule has 0 saturated heterocycles. The molecule has 6 heteroatoms. The zero-order chi connectivity index (χ0) is 19.2. The van der Waals surface area contributed by atoms with Crippen molar-refractivity contribution in [2.24, 2.45) is 0 Å². The first-order chi connectivity index (χ1) is 13.0. The van der Waals surface area contributed by atoms with Crippen molar-refractivity contribution in [3.63, 3.8) is 0 Å². The van der Waals surface area contributed by atoms with E-state index in [1.165, 1.54) is 10.7 Å². The third-order valence-corrected chi connectivity index (χ3v) is 4.54. The van der Waals surface area contributed by atoms with Gasteiger partial charge in [0.2, 0.25) is 5.91 Å². The Bertz CT molecular complexity index is 969. The van der Waals surface area contributed by atoms with Crippen LogP contribution in [0.25, 0.3) is 11.3 Å². The van der Waals surface area contributed by atoms with Crippen LogP contribution in [0.3, 0.4) is 0 Å². The van der Waals surface area contributed by atoms with Crippen molar-refractivity contribution in [2.75, 3.05) is 11.9 Å². The van der Waals surface area contributed by atoms with Crippen LogP contribution in [0.5, 0.6) is 0 Å². The lowest BCUT2D eigenvalue weighted by molar-refractivity contribution is -0.118. The van der Waals surface area contributed by atoms with Crippen LogP contribution in [0, 0.1) is 0 Å². The van der Waals surface area contributed by atoms with Crippen LogP contribution in [0.2, 0.25) is 5.02 Å². The molecule has 0 aliphatic carbocycles. The minimum absolute atomic E-state index is 0.00287. The van der Waals surface area contributed by atoms with Gasteiger partial charge in [0.15, 0.2) is 0 Å². The van der Waals surface area contributed by atoms with E-state index in [0.29, 0.717) is 30.1 Å². The summed E-state index contributed by atoms with van der Waals surface area (Å²) in [5, 5.41) is 5.05. The Hall–Kier alpha value is -2.92. The van der Waals surface area contributed by atoms with Gasteiger partial charge in [0.25, 0.3) is 5.56 Å². The van der Waals surface area contributed by atoms with E-state index in [9.17, 15) is 9.59 Å². The molecule has 27 heavy (non-hydrogen) atoms. The number of rotatable bonds is 6. The molecule has 1 heterocycles. The number of hydrogen-bond donors (Lipinski definition) is 0. The van der Waals surface area contributed by atoms with Crippen LogP contribution in [0.1, 0.15) is 12.8 Å². The van der Waals surface area contributed by atoms with Crippen molar-refractivity contribution in [2.45, 2.75) is 19.4 Å². The number of carbonyl (C=O) groups is 1. The van der Waals surface area contributed by atoms with Crippen molar-refractivity contribution in [3.05, 3.63) is 82.1 Å². The largest absolute Gasteiger partial charge is 0.316 e. The Morgan fingerprint density at radius 3 is 2.44 bits per heavy atom. The maximum Gasteiger partial charge on any atom is 0.266 e. The molecule has 0 N–H and O–H groups in total. The van der Waals surface area contributed by atoms with Crippen LogP contribution in [-0.2, 0) is 11.3 Å². The Kier molecular flexibility index (Phi) is 6.04. The van der Waals surface area contributed by atoms with Gasteiger partial charge in [-0.05, 0) is 36.8 Å². The Labute approximate surface area is 162 Å². The normalized spacial score (nSPS) is 10.6. The average molecular weight is 382 g/mol. The minimum Gasteiger partial charge on any atom is -0.316 e. The third kappa shape index (κ3) is 4.83. The molecule has 0 aliphatic rings. The van der Waals surface area contributed by atoms with Gasteiger partial charge in [-0.15, -0.1) is 0 Å². The highest BCUT2D eigenvalue weighted by Crippen LogP contribution is 2.18. The van der Waals surface area contributed by atoms with Crippen LogP contribution >= 0.6 is 11.6 Å². The molecule has 1 aromatic heterocycles. The molecular weight excluding hydrogens is 362 g/mol. The molecule has 138 valence electrons. The predicted molar refractivity (Wildman–Crippen MR) is 108 cm³/mol. The van der Waals surface area contributed by atoms with Gasteiger partial charge in [-0.1, -0.05) is 41.9 Å². The summed E-state index contributed by atoms with van der Waals surface area (Å²) in [6.45, 7) is 0.384. The lowest BCUT2D eigenvalue weighted by atomic mass is 10.1. The molecule has 0 atom stereocenters. The van der Waals surface area contributed by atoms with Crippen molar-refractivity contribution in [1.29, 1.82) is 0 Å². The topological polar surface area (TPSA) is 55.2 Å². The second-order valence-corrected chi connectivity index (χ2v) is 6.62. The van der Waals surface area contributed by atoms with E-state index in [1.807, 2.05) is 42.5 Å². The molecule has 0 fully saturated rings. The molecule has 0 radical (unpaired) electrons. The van der Waals surface area contributed by atoms with Crippen LogP contribution in [0.4, 0.5) is 5.69 Å². The standard InChI is InChI=1S/C21H20ClN3O2/c1-24(18-6-3-2-4-7-18)20(26)8-5-15-25-21(27)14-13-19(23-25)16-9-11-17(22)12-10-16/h2-4,6-7,9-14H,5,8,15H2,1H3. The SMILES string of the molecule is CN(C(=O)CCCn1nc(-c2ccc(Cl)cc2)ccc1=O)c1ccccc1. The number of carbonyl (C=O) groups excluding carboxylic acids is 1. The number of aromatic nitrogens is 2. The fourth-order valence-electron chi connectivity index (χ4n) is 2.73. The highest BCUT2D eigenvalue weighted by atomic mass is 35.5. The molecule has 0 aliphatic heterocycles. The molecule has 0 saturated carbocycles. The van der Waals surface area contributed by atoms with Crippen LogP contribution in [0.15, 0.2) is 71.5 Å². The van der Waals surface area contributed by atoms with Crippen LogP contribution < -0.4 is 10.5 Å². The zero-order valence-corrected chi connectivity index (χ0v) is 15.8. The minimum atomic E-state index is -0.184. The molecule has 0 spiro atoms. The number of halogens is 1. The summed E-state index contributed by atoms with van der Waals surface area (Å²) in [7, 11) is 1.75. The molecule has 5 nitrogen and oxygen atoms in total. The second kappa shape index (κ2) is 8.64. The highest BCUT2D eigenvalue weighted by Gasteiger charge is 2.11. The summed E-state index contributed by atoms with van der Waals surface area (Å²) in [6, 6.07) is 19.9. The predicted octanol–water partition coefficient (Wildman–Crippen LogP) is 4.01. The number of anilines is 1. The van der Waals surface area contributed by atoms with Gasteiger partial charge in [0, 0.05) is 42.4 Å². The number of aryl methyl sites for hydroxylation is 1. The van der Waals surface area contributed by atoms with Crippen molar-refractivity contribution < 1.29 is 4.79 Å². The van der Waals surface area contributed by atoms with Crippen LogP contribution in [-0.4, -0.2) is 22.7 Å². The zero-order valence-electron chi connectivity index (χ0n) is 15.0. The Morgan fingerprint density at radius 2 is 1.74 bits per heavy atom. The Morgan fingerprint density at radius 1 is 1.04 bits per heavy atom. The summed E-state index contributed by atoms with van der Waals surface area (Å²) >= 11 is 5.91. The maximum absolute atomic E-state index is 12.3. The van der Waals surface area contributed by atoms with E-state index in [1.54, 1.807) is 30.1 Å². The average Bonchev–Trinajstić information content (AvgIpc) is 2.70. The van der Waals surface area contributed by atoms with E-state index < -0.39 is 0 Å². The quantitative estimate of drug-likeness (QED) is 0.648. The van der Waals surface area contributed by atoms with E-state index in [4.69, 9.17) is 11.6 Å². The van der Waals surface area contributed by atoms with Gasteiger partial charge in [-0.3, -0.25) is 9.59 Å². The first-order valence-electron chi connectivity index (χ1n) is 8.70. The number of nitrogens with zero attached hydrogens (tertiary/aromatic N) is 3. The Balaban J connectivity index is 1.64. The number of amides is 1. The fourth-order valence-corrected chi connectivity index (χ4v) is 2.85. The lowest BCUT2D eigenvalue weighted by Crippen LogP contribution is -2.27. The summed E-state index contributed by atoms with van der Waals surface area (Å²) in [5.74, 6) is 0.00287. The first-order valence-corrected chi connectivity index (χ1v) is 9.08. The number of hydrogen-bond acceptors (Lipinski definition) is 3. The second-order valence-electron chi connectivity index (χ2n) is 6.18. The van der Waals surface area contributed by atoms with Gasteiger partial charge in [-0.2, -0.15) is 5.10 Å². The summed E-state index contributed by atoms with van der Waals surface area (Å²) in [5.41, 5.74) is 2.24. The number of para-hydroxylation sites is 1. The molecule has 0 bridgehead atoms. The van der Waals surface area contributed by atoms with Crippen molar-refractivity contribution >= 4 is 23.2 Å². The first kappa shape index (κ1) is 18.9. The lowest BCUT2D eigenvalue weighted by Gasteiger charge is -2.17. The summed E-state index contributed by atoms with van der Waals surface area (Å²) in [4.78, 5) is 26.0. The van der Waals surface area contributed by atoms with Gasteiger partial charge in [-0.25, -0.2) is 4.68 Å². The van der Waals surface area contributed by atoms with Gasteiger partial charge in [0.05, 0.1) is 5.69 Å². The van der Waals surface area contributed by atoms with Gasteiger partial charge in [0.1, 0.15) is 0 Å². The van der Waals surface area contributed by atoms with Gasteiger partial charge < -0.3 is 4.90 Å². The molecule has 0 unspecified atom stereocenters. The summed E-state index contributed by atoms with van der Waals surface area (Å²) < 4.78 is 1.40. The third-order valence-electron chi connectivity index (χ3n) is 4.28. The van der Waals surface area contributed by atoms with Crippen molar-refractivity contribution in [1.82, 2.24) is 9.78 Å². The summed E-state index contributed by atoms with van der Waals surface area (Å²) in [6.07, 6.45) is 0.873. The van der Waals surface area contributed by atoms with E-state index in [2.05, 4.69) is 5.10 Å². The molecular formula is C21H20ClN3O2. The van der Waals surface area contributed by atoms with Crippen molar-refractivity contribution in [3.8, 4) is 11.3 Å². The smallest absolute Gasteiger partial charge is 0.266 e. The highest BCUT2D eigenvalue weighted by molar-refractivity contribution is 6.30. The van der Waals surface area contributed by atoms with Gasteiger partial charge >= 0.3 is 0 Å². The van der Waals surface area contributed by atoms with E-state index >= 15 is 0 Å². The van der Waals surface area contributed by atoms with E-state index in [0.717, 1.165) is 11.3 Å². The molecule has 2 aromatic carbocycles. The molecule has 3 aromatic rings. The molecule has 3 rings (SSSR count). The fraction of sp³-hybridized carbons (Fsp3) is 0.190. The van der Waals surface area contributed by atoms with E-state index in [-0.39, 0.29) is 11.5 Å². The number of benzene rings is 2. The monoisotopic (exact) mass is 381 g/mol.